The minimum Gasteiger partial charge on any atom is -0.363 e. The second-order valence-corrected chi connectivity index (χ2v) is 7.34. The lowest BCUT2D eigenvalue weighted by molar-refractivity contribution is 0.367. The Kier molecular flexibility index (Phi) is 4.07. The summed E-state index contributed by atoms with van der Waals surface area (Å²) < 4.78 is 26.3. The average molecular weight is 295 g/mol. The molecule has 0 aromatic carbocycles. The number of H-pyrrole nitrogens is 1. The van der Waals surface area contributed by atoms with Gasteiger partial charge in [-0.05, 0) is 13.0 Å². The second-order valence-electron chi connectivity index (χ2n) is 4.03. The number of halogens is 1. The van der Waals surface area contributed by atoms with E-state index in [9.17, 15) is 8.42 Å². The molecule has 0 bridgehead atoms. The highest BCUT2D eigenvalue weighted by Gasteiger charge is 2.31. The Balaban J connectivity index is 2.28. The number of thioether (sulfide) groups is 1. The summed E-state index contributed by atoms with van der Waals surface area (Å²) in [5, 5.41) is 0. The van der Waals surface area contributed by atoms with Crippen LogP contribution >= 0.6 is 23.4 Å². The molecule has 1 aliphatic rings. The molecule has 96 valence electrons. The third kappa shape index (κ3) is 2.65. The minimum absolute atomic E-state index is 0.0492. The van der Waals surface area contributed by atoms with Gasteiger partial charge >= 0.3 is 0 Å². The van der Waals surface area contributed by atoms with Crippen LogP contribution in [0.4, 0.5) is 0 Å². The molecule has 1 saturated heterocycles. The molecule has 1 unspecified atom stereocenters. The van der Waals surface area contributed by atoms with Gasteiger partial charge in [0.1, 0.15) is 0 Å². The predicted molar refractivity (Wildman–Crippen MR) is 71.0 cm³/mol. The molecule has 0 saturated carbocycles. The van der Waals surface area contributed by atoms with Crippen molar-refractivity contribution in [3.05, 3.63) is 18.0 Å². The molecule has 0 radical (unpaired) electrons. The molecule has 1 aromatic rings. The number of aromatic nitrogens is 1. The molecule has 1 N–H and O–H groups in total. The van der Waals surface area contributed by atoms with Gasteiger partial charge < -0.3 is 4.98 Å². The van der Waals surface area contributed by atoms with Crippen LogP contribution in [-0.4, -0.2) is 41.8 Å². The Hall–Kier alpha value is -0.170. The molecule has 2 heterocycles. The molecule has 4 nitrogen and oxygen atoms in total. The number of alkyl halides is 1. The zero-order chi connectivity index (χ0) is 12.5. The maximum Gasteiger partial charge on any atom is 0.244 e. The molecular weight excluding hydrogens is 280 g/mol. The van der Waals surface area contributed by atoms with Crippen molar-refractivity contribution >= 4 is 33.4 Å². The largest absolute Gasteiger partial charge is 0.363 e. The standard InChI is InChI=1S/C10H15ClN2O2S2/c1-8-7-16-3-2-13(8)17(14,15)10-4-9(5-11)12-6-10/h4,6,8,12H,2-3,5,7H2,1H3. The first kappa shape index (κ1) is 13.3. The van der Waals surface area contributed by atoms with Gasteiger partial charge in [-0.1, -0.05) is 0 Å². The van der Waals surface area contributed by atoms with Crippen LogP contribution in [-0.2, 0) is 15.9 Å². The molecule has 2 rings (SSSR count). The molecular formula is C10H15ClN2O2S2. The summed E-state index contributed by atoms with van der Waals surface area (Å²) in [4.78, 5) is 3.18. The van der Waals surface area contributed by atoms with Gasteiger partial charge in [-0.3, -0.25) is 0 Å². The second kappa shape index (κ2) is 5.22. The van der Waals surface area contributed by atoms with E-state index in [1.54, 1.807) is 22.1 Å². The van der Waals surface area contributed by atoms with Gasteiger partial charge in [-0.25, -0.2) is 8.42 Å². The predicted octanol–water partition coefficient (Wildman–Crippen LogP) is 1.88. The summed E-state index contributed by atoms with van der Waals surface area (Å²) in [5.41, 5.74) is 0.726. The van der Waals surface area contributed by atoms with Gasteiger partial charge in [0.05, 0.1) is 10.8 Å². The SMILES string of the molecule is CC1CSCCN1S(=O)(=O)c1c[nH]c(CCl)c1. The monoisotopic (exact) mass is 294 g/mol. The van der Waals surface area contributed by atoms with Crippen LogP contribution in [0.25, 0.3) is 0 Å². The summed E-state index contributed by atoms with van der Waals surface area (Å²) in [7, 11) is -3.37. The summed E-state index contributed by atoms with van der Waals surface area (Å²) in [6.45, 7) is 2.52. The van der Waals surface area contributed by atoms with Crippen molar-refractivity contribution in [2.75, 3.05) is 18.1 Å². The van der Waals surface area contributed by atoms with E-state index in [4.69, 9.17) is 11.6 Å². The molecule has 1 fully saturated rings. The number of hydrogen-bond donors (Lipinski definition) is 1. The van der Waals surface area contributed by atoms with Crippen LogP contribution in [0, 0.1) is 0 Å². The first-order valence-electron chi connectivity index (χ1n) is 5.38. The van der Waals surface area contributed by atoms with E-state index >= 15 is 0 Å². The van der Waals surface area contributed by atoms with Crippen molar-refractivity contribution in [1.29, 1.82) is 0 Å². The molecule has 1 atom stereocenters. The average Bonchev–Trinajstić information content (AvgIpc) is 2.78. The van der Waals surface area contributed by atoms with Crippen molar-refractivity contribution in [2.45, 2.75) is 23.7 Å². The molecule has 0 amide bonds. The van der Waals surface area contributed by atoms with Crippen molar-refractivity contribution in [3.63, 3.8) is 0 Å². The van der Waals surface area contributed by atoms with E-state index in [0.717, 1.165) is 17.2 Å². The van der Waals surface area contributed by atoms with E-state index in [2.05, 4.69) is 4.98 Å². The van der Waals surface area contributed by atoms with Crippen molar-refractivity contribution < 1.29 is 8.42 Å². The van der Waals surface area contributed by atoms with E-state index in [1.807, 2.05) is 6.92 Å². The van der Waals surface area contributed by atoms with Gasteiger partial charge in [0.15, 0.2) is 0 Å². The lowest BCUT2D eigenvalue weighted by Crippen LogP contribution is -2.44. The number of nitrogens with one attached hydrogen (secondary N) is 1. The van der Waals surface area contributed by atoms with E-state index in [0.29, 0.717) is 17.3 Å². The molecule has 0 aliphatic carbocycles. The third-order valence-electron chi connectivity index (χ3n) is 2.77. The quantitative estimate of drug-likeness (QED) is 0.866. The molecule has 1 aromatic heterocycles. The van der Waals surface area contributed by atoms with E-state index in [-0.39, 0.29) is 6.04 Å². The molecule has 1 aliphatic heterocycles. The number of aromatic amines is 1. The first-order chi connectivity index (χ1) is 8.05. The van der Waals surface area contributed by atoms with Gasteiger partial charge in [-0.2, -0.15) is 16.1 Å². The number of nitrogens with zero attached hydrogens (tertiary/aromatic N) is 1. The Morgan fingerprint density at radius 1 is 1.65 bits per heavy atom. The smallest absolute Gasteiger partial charge is 0.244 e. The van der Waals surface area contributed by atoms with E-state index < -0.39 is 10.0 Å². The number of hydrogen-bond acceptors (Lipinski definition) is 3. The zero-order valence-corrected chi connectivity index (χ0v) is 11.9. The van der Waals surface area contributed by atoms with Gasteiger partial charge in [-0.15, -0.1) is 11.6 Å². The van der Waals surface area contributed by atoms with Gasteiger partial charge in [0.2, 0.25) is 10.0 Å². The maximum absolute atomic E-state index is 12.4. The molecule has 17 heavy (non-hydrogen) atoms. The topological polar surface area (TPSA) is 53.2 Å². The fourth-order valence-corrected chi connectivity index (χ4v) is 4.88. The Bertz CT molecular complexity index is 486. The fraction of sp³-hybridized carbons (Fsp3) is 0.600. The zero-order valence-electron chi connectivity index (χ0n) is 9.52. The number of rotatable bonds is 3. The fourth-order valence-electron chi connectivity index (χ4n) is 1.85. The molecule has 7 heteroatoms. The minimum atomic E-state index is -3.37. The Morgan fingerprint density at radius 2 is 2.41 bits per heavy atom. The van der Waals surface area contributed by atoms with Crippen LogP contribution in [0.5, 0.6) is 0 Å². The normalized spacial score (nSPS) is 22.8. The Labute approximate surface area is 111 Å². The summed E-state index contributed by atoms with van der Waals surface area (Å²) in [6.07, 6.45) is 1.52. The highest BCUT2D eigenvalue weighted by molar-refractivity contribution is 7.99. The molecule has 0 spiro atoms. The van der Waals surface area contributed by atoms with Gasteiger partial charge in [0, 0.05) is 36.0 Å². The van der Waals surface area contributed by atoms with Crippen LogP contribution in [0.15, 0.2) is 17.2 Å². The van der Waals surface area contributed by atoms with Crippen LogP contribution < -0.4 is 0 Å². The Morgan fingerprint density at radius 3 is 3.00 bits per heavy atom. The summed E-state index contributed by atoms with van der Waals surface area (Å²) in [5.74, 6) is 2.00. The van der Waals surface area contributed by atoms with Gasteiger partial charge in [0.25, 0.3) is 0 Å². The highest BCUT2D eigenvalue weighted by Crippen LogP contribution is 2.24. The van der Waals surface area contributed by atoms with Crippen LogP contribution in [0.2, 0.25) is 0 Å². The lowest BCUT2D eigenvalue weighted by Gasteiger charge is -2.31. The number of sulfonamides is 1. The van der Waals surface area contributed by atoms with Crippen LogP contribution in [0.3, 0.4) is 0 Å². The van der Waals surface area contributed by atoms with Crippen molar-refractivity contribution in [2.24, 2.45) is 0 Å². The van der Waals surface area contributed by atoms with Crippen molar-refractivity contribution in [3.8, 4) is 0 Å². The van der Waals surface area contributed by atoms with Crippen molar-refractivity contribution in [1.82, 2.24) is 9.29 Å². The maximum atomic E-state index is 12.4. The highest BCUT2D eigenvalue weighted by atomic mass is 35.5. The third-order valence-corrected chi connectivity index (χ3v) is 6.24. The lowest BCUT2D eigenvalue weighted by atomic mass is 10.4. The summed E-state index contributed by atoms with van der Waals surface area (Å²) >= 11 is 7.45. The van der Waals surface area contributed by atoms with Crippen LogP contribution in [0.1, 0.15) is 12.6 Å². The first-order valence-corrected chi connectivity index (χ1v) is 8.51. The summed E-state index contributed by atoms with van der Waals surface area (Å²) in [6, 6.07) is 1.66. The van der Waals surface area contributed by atoms with E-state index in [1.165, 1.54) is 6.20 Å².